The number of benzene rings is 3. The van der Waals surface area contributed by atoms with Crippen molar-refractivity contribution in [3.63, 3.8) is 0 Å². The SMILES string of the molecule is N#Cc1ccc(N(c2ccccc2)c2ccc(N=O)cc2)cc1. The normalized spacial score (nSPS) is 9.87. The van der Waals surface area contributed by atoms with Crippen molar-refractivity contribution in [2.24, 2.45) is 5.18 Å². The predicted molar refractivity (Wildman–Crippen MR) is 91.3 cm³/mol. The van der Waals surface area contributed by atoms with Gasteiger partial charge in [-0.1, -0.05) is 18.2 Å². The first kappa shape index (κ1) is 14.5. The predicted octanol–water partition coefficient (Wildman–Crippen LogP) is 5.43. The van der Waals surface area contributed by atoms with E-state index in [-0.39, 0.29) is 0 Å². The molecule has 0 aliphatic heterocycles. The topological polar surface area (TPSA) is 56.5 Å². The van der Waals surface area contributed by atoms with E-state index >= 15 is 0 Å². The highest BCUT2D eigenvalue weighted by Gasteiger charge is 2.12. The Kier molecular flexibility index (Phi) is 4.12. The lowest BCUT2D eigenvalue weighted by molar-refractivity contribution is 1.28. The van der Waals surface area contributed by atoms with E-state index in [1.165, 1.54) is 0 Å². The van der Waals surface area contributed by atoms with Gasteiger partial charge in [-0.15, -0.1) is 4.91 Å². The van der Waals surface area contributed by atoms with E-state index in [1.807, 2.05) is 54.6 Å². The molecule has 23 heavy (non-hydrogen) atoms. The highest BCUT2D eigenvalue weighted by molar-refractivity contribution is 5.77. The van der Waals surface area contributed by atoms with Crippen LogP contribution in [0.1, 0.15) is 5.56 Å². The van der Waals surface area contributed by atoms with Crippen molar-refractivity contribution >= 4 is 22.7 Å². The smallest absolute Gasteiger partial charge is 0.108 e. The van der Waals surface area contributed by atoms with Gasteiger partial charge in [-0.05, 0) is 65.8 Å². The van der Waals surface area contributed by atoms with E-state index in [1.54, 1.807) is 24.3 Å². The van der Waals surface area contributed by atoms with Crippen molar-refractivity contribution in [3.8, 4) is 6.07 Å². The minimum absolute atomic E-state index is 0.390. The van der Waals surface area contributed by atoms with E-state index in [2.05, 4.69) is 16.1 Å². The van der Waals surface area contributed by atoms with Crippen LogP contribution < -0.4 is 4.90 Å². The zero-order valence-corrected chi connectivity index (χ0v) is 12.3. The maximum atomic E-state index is 10.6. The molecule has 0 saturated heterocycles. The molecule has 0 atom stereocenters. The Morgan fingerprint density at radius 1 is 0.739 bits per heavy atom. The van der Waals surface area contributed by atoms with Gasteiger partial charge in [-0.3, -0.25) is 0 Å². The Bertz CT molecular complexity index is 835. The maximum Gasteiger partial charge on any atom is 0.108 e. The van der Waals surface area contributed by atoms with Gasteiger partial charge >= 0.3 is 0 Å². The van der Waals surface area contributed by atoms with Crippen LogP contribution in [0.3, 0.4) is 0 Å². The molecule has 3 aromatic carbocycles. The van der Waals surface area contributed by atoms with Gasteiger partial charge in [0.2, 0.25) is 0 Å². The number of nitrogens with zero attached hydrogens (tertiary/aromatic N) is 3. The molecule has 0 N–H and O–H groups in total. The fourth-order valence-electron chi connectivity index (χ4n) is 2.37. The summed E-state index contributed by atoms with van der Waals surface area (Å²) in [6.45, 7) is 0. The van der Waals surface area contributed by atoms with Crippen molar-refractivity contribution < 1.29 is 0 Å². The van der Waals surface area contributed by atoms with Crippen LogP contribution in [0.15, 0.2) is 84.0 Å². The van der Waals surface area contributed by atoms with Crippen molar-refractivity contribution in [1.82, 2.24) is 0 Å². The van der Waals surface area contributed by atoms with E-state index in [9.17, 15) is 4.91 Å². The van der Waals surface area contributed by atoms with Gasteiger partial charge in [-0.2, -0.15) is 5.26 Å². The Balaban J connectivity index is 2.09. The quantitative estimate of drug-likeness (QED) is 0.604. The van der Waals surface area contributed by atoms with Crippen LogP contribution in [0.4, 0.5) is 22.7 Å². The standard InChI is InChI=1S/C19H13N3O/c20-14-15-6-10-18(11-7-15)22(17-4-2-1-3-5-17)19-12-8-16(21-23)9-13-19/h1-13H. The van der Waals surface area contributed by atoms with Gasteiger partial charge < -0.3 is 4.90 Å². The molecule has 0 saturated carbocycles. The molecule has 4 nitrogen and oxygen atoms in total. The van der Waals surface area contributed by atoms with Crippen LogP contribution in [-0.4, -0.2) is 0 Å². The lowest BCUT2D eigenvalue weighted by Gasteiger charge is -2.25. The van der Waals surface area contributed by atoms with Gasteiger partial charge in [-0.25, -0.2) is 0 Å². The zero-order valence-electron chi connectivity index (χ0n) is 12.3. The maximum absolute atomic E-state index is 10.6. The Morgan fingerprint density at radius 3 is 1.78 bits per heavy atom. The summed E-state index contributed by atoms with van der Waals surface area (Å²) in [6, 6.07) is 26.5. The lowest BCUT2D eigenvalue weighted by Crippen LogP contribution is -2.09. The summed E-state index contributed by atoms with van der Waals surface area (Å²) in [5.41, 5.74) is 3.84. The van der Waals surface area contributed by atoms with Crippen molar-refractivity contribution in [2.45, 2.75) is 0 Å². The number of anilines is 3. The van der Waals surface area contributed by atoms with E-state index in [0.29, 0.717) is 11.3 Å². The number of nitriles is 1. The van der Waals surface area contributed by atoms with Crippen LogP contribution in [0.25, 0.3) is 0 Å². The van der Waals surface area contributed by atoms with Crippen LogP contribution in [0.5, 0.6) is 0 Å². The third kappa shape index (κ3) is 3.09. The molecule has 0 bridgehead atoms. The molecule has 0 aliphatic rings. The summed E-state index contributed by atoms with van der Waals surface area (Å²) in [4.78, 5) is 12.7. The van der Waals surface area contributed by atoms with Crippen molar-refractivity contribution in [1.29, 1.82) is 5.26 Å². The molecule has 0 aliphatic carbocycles. The van der Waals surface area contributed by atoms with E-state index in [4.69, 9.17) is 5.26 Å². The summed E-state index contributed by atoms with van der Waals surface area (Å²) >= 11 is 0. The van der Waals surface area contributed by atoms with Crippen LogP contribution >= 0.6 is 0 Å². The highest BCUT2D eigenvalue weighted by atomic mass is 16.3. The van der Waals surface area contributed by atoms with Gasteiger partial charge in [0, 0.05) is 17.1 Å². The van der Waals surface area contributed by atoms with Crippen molar-refractivity contribution in [3.05, 3.63) is 89.3 Å². The fraction of sp³-hybridized carbons (Fsp3) is 0. The summed E-state index contributed by atoms with van der Waals surface area (Å²) in [5, 5.41) is 11.9. The van der Waals surface area contributed by atoms with Gasteiger partial charge in [0.15, 0.2) is 0 Å². The highest BCUT2D eigenvalue weighted by Crippen LogP contribution is 2.35. The number of hydrogen-bond donors (Lipinski definition) is 0. The second kappa shape index (κ2) is 6.54. The second-order valence-electron chi connectivity index (χ2n) is 4.94. The number of nitroso groups, excluding NO2 is 1. The molecule has 0 spiro atoms. The molecule has 0 heterocycles. The molecular weight excluding hydrogens is 286 g/mol. The van der Waals surface area contributed by atoms with Crippen molar-refractivity contribution in [2.75, 3.05) is 4.90 Å². The van der Waals surface area contributed by atoms with Gasteiger partial charge in [0.05, 0.1) is 11.6 Å². The first-order valence-corrected chi connectivity index (χ1v) is 7.10. The Hall–Kier alpha value is -3.45. The average Bonchev–Trinajstić information content (AvgIpc) is 2.64. The van der Waals surface area contributed by atoms with E-state index in [0.717, 1.165) is 17.1 Å². The van der Waals surface area contributed by atoms with Gasteiger partial charge in [0.1, 0.15) is 5.69 Å². The zero-order chi connectivity index (χ0) is 16.1. The third-order valence-electron chi connectivity index (χ3n) is 3.48. The summed E-state index contributed by atoms with van der Waals surface area (Å²) in [6.07, 6.45) is 0. The largest absolute Gasteiger partial charge is 0.311 e. The minimum Gasteiger partial charge on any atom is -0.311 e. The third-order valence-corrected chi connectivity index (χ3v) is 3.48. The molecule has 4 heteroatoms. The Labute approximate surface area is 134 Å². The molecule has 0 radical (unpaired) electrons. The average molecular weight is 299 g/mol. The minimum atomic E-state index is 0.390. The number of para-hydroxylation sites is 1. The number of hydrogen-bond acceptors (Lipinski definition) is 4. The monoisotopic (exact) mass is 299 g/mol. The molecule has 3 aromatic rings. The second-order valence-corrected chi connectivity index (χ2v) is 4.94. The fourth-order valence-corrected chi connectivity index (χ4v) is 2.37. The van der Waals surface area contributed by atoms with E-state index < -0.39 is 0 Å². The van der Waals surface area contributed by atoms with Crippen LogP contribution in [0, 0.1) is 16.2 Å². The molecule has 0 aromatic heterocycles. The number of rotatable bonds is 4. The first-order valence-electron chi connectivity index (χ1n) is 7.10. The van der Waals surface area contributed by atoms with Gasteiger partial charge in [0.25, 0.3) is 0 Å². The molecule has 0 fully saturated rings. The molecule has 0 amide bonds. The lowest BCUT2D eigenvalue weighted by atomic mass is 10.1. The summed E-state index contributed by atoms with van der Waals surface area (Å²) in [5.74, 6) is 0. The molecule has 3 rings (SSSR count). The summed E-state index contributed by atoms with van der Waals surface area (Å²) < 4.78 is 0. The van der Waals surface area contributed by atoms with Crippen LogP contribution in [-0.2, 0) is 0 Å². The molecule has 0 unspecified atom stereocenters. The first-order chi connectivity index (χ1) is 11.3. The van der Waals surface area contributed by atoms with Crippen LogP contribution in [0.2, 0.25) is 0 Å². The molecule has 110 valence electrons. The summed E-state index contributed by atoms with van der Waals surface area (Å²) in [7, 11) is 0. The Morgan fingerprint density at radius 2 is 1.26 bits per heavy atom. The molecular formula is C19H13N3O.